The maximum Gasteiger partial charge on any atom is 0.279 e. The molecule has 100 valence electrons. The average Bonchev–Trinajstić information content (AvgIpc) is 2.98. The zero-order valence-electron chi connectivity index (χ0n) is 10.5. The van der Waals surface area contributed by atoms with Crippen molar-refractivity contribution in [2.24, 2.45) is 0 Å². The summed E-state index contributed by atoms with van der Waals surface area (Å²) in [5.74, 6) is 0. The van der Waals surface area contributed by atoms with E-state index in [0.29, 0.717) is 10.6 Å². The van der Waals surface area contributed by atoms with Crippen LogP contribution in [0.15, 0.2) is 51.0 Å². The van der Waals surface area contributed by atoms with Gasteiger partial charge >= 0.3 is 0 Å². The number of hydrogen-bond acceptors (Lipinski definition) is 2. The van der Waals surface area contributed by atoms with Gasteiger partial charge in [0.2, 0.25) is 0 Å². The Morgan fingerprint density at radius 3 is 2.60 bits per heavy atom. The second-order valence-electron chi connectivity index (χ2n) is 4.27. The number of rotatable bonds is 2. The SMILES string of the molecule is C=c1[nH]n(-c2ccccc2)c(=O)/c1=C\c1ccc(Br)s1. The van der Waals surface area contributed by atoms with Crippen molar-refractivity contribution in [2.75, 3.05) is 0 Å². The summed E-state index contributed by atoms with van der Waals surface area (Å²) in [5.41, 5.74) is 0.708. The molecule has 0 aliphatic rings. The van der Waals surface area contributed by atoms with E-state index in [-0.39, 0.29) is 5.56 Å². The number of para-hydroxylation sites is 1. The molecule has 0 atom stereocenters. The molecule has 0 bridgehead atoms. The summed E-state index contributed by atoms with van der Waals surface area (Å²) in [6.45, 7) is 3.92. The zero-order chi connectivity index (χ0) is 14.1. The van der Waals surface area contributed by atoms with Crippen molar-refractivity contribution in [3.63, 3.8) is 0 Å². The second kappa shape index (κ2) is 5.26. The van der Waals surface area contributed by atoms with Crippen LogP contribution in [0.25, 0.3) is 18.3 Å². The molecule has 3 nitrogen and oxygen atoms in total. The van der Waals surface area contributed by atoms with E-state index in [1.165, 1.54) is 4.68 Å². The monoisotopic (exact) mass is 346 g/mol. The Kier molecular flexibility index (Phi) is 3.46. The molecule has 0 unspecified atom stereocenters. The largest absolute Gasteiger partial charge is 0.291 e. The minimum atomic E-state index is -0.0919. The maximum atomic E-state index is 12.5. The lowest BCUT2D eigenvalue weighted by Gasteiger charge is -1.98. The Hall–Kier alpha value is -1.85. The third-order valence-electron chi connectivity index (χ3n) is 2.90. The van der Waals surface area contributed by atoms with Crippen LogP contribution in [0.3, 0.4) is 0 Å². The van der Waals surface area contributed by atoms with Crippen molar-refractivity contribution in [1.82, 2.24) is 9.78 Å². The third kappa shape index (κ3) is 2.42. The topological polar surface area (TPSA) is 37.8 Å². The van der Waals surface area contributed by atoms with Gasteiger partial charge in [0.1, 0.15) is 0 Å². The molecule has 1 aromatic carbocycles. The number of aromatic amines is 1. The van der Waals surface area contributed by atoms with Gasteiger partial charge in [0, 0.05) is 4.88 Å². The lowest BCUT2D eigenvalue weighted by molar-refractivity contribution is 0.838. The molecule has 2 heterocycles. The van der Waals surface area contributed by atoms with Gasteiger partial charge in [-0.25, -0.2) is 4.68 Å². The molecule has 0 radical (unpaired) electrons. The number of aromatic nitrogens is 2. The summed E-state index contributed by atoms with van der Waals surface area (Å²) < 4.78 is 2.55. The molecule has 3 rings (SSSR count). The van der Waals surface area contributed by atoms with Gasteiger partial charge in [0.05, 0.1) is 20.0 Å². The Labute approximate surface area is 127 Å². The highest BCUT2D eigenvalue weighted by atomic mass is 79.9. The van der Waals surface area contributed by atoms with Gasteiger partial charge in [0.25, 0.3) is 5.56 Å². The lowest BCUT2D eigenvalue weighted by Crippen LogP contribution is -2.33. The normalized spacial score (nSPS) is 11.9. The van der Waals surface area contributed by atoms with Crippen LogP contribution in [0.4, 0.5) is 0 Å². The quantitative estimate of drug-likeness (QED) is 0.759. The molecule has 0 saturated heterocycles. The van der Waals surface area contributed by atoms with Gasteiger partial charge in [-0.05, 0) is 46.3 Å². The fourth-order valence-corrected chi connectivity index (χ4v) is 3.32. The molecule has 0 fully saturated rings. The van der Waals surface area contributed by atoms with E-state index in [1.54, 1.807) is 11.3 Å². The van der Waals surface area contributed by atoms with Gasteiger partial charge in [-0.2, -0.15) is 0 Å². The van der Waals surface area contributed by atoms with E-state index >= 15 is 0 Å². The van der Waals surface area contributed by atoms with Gasteiger partial charge in [-0.1, -0.05) is 24.8 Å². The van der Waals surface area contributed by atoms with Gasteiger partial charge < -0.3 is 0 Å². The van der Waals surface area contributed by atoms with Crippen LogP contribution in [0.5, 0.6) is 0 Å². The molecule has 0 amide bonds. The number of hydrogen-bond donors (Lipinski definition) is 1. The minimum absolute atomic E-state index is 0.0919. The van der Waals surface area contributed by atoms with Crippen LogP contribution < -0.4 is 16.1 Å². The lowest BCUT2D eigenvalue weighted by atomic mass is 10.3. The van der Waals surface area contributed by atoms with E-state index in [4.69, 9.17) is 0 Å². The van der Waals surface area contributed by atoms with Gasteiger partial charge in [-0.15, -0.1) is 11.3 Å². The first kappa shape index (κ1) is 13.1. The standard InChI is InChI=1S/C15H11BrN2OS/c1-10-13(9-12-7-8-14(16)20-12)15(19)18(17-10)11-5-3-2-4-6-11/h2-9,17H,1H2/b13-9-. The summed E-state index contributed by atoms with van der Waals surface area (Å²) in [5, 5.41) is 4.21. The molecule has 0 aliphatic carbocycles. The smallest absolute Gasteiger partial charge is 0.279 e. The Bertz CT molecular complexity index is 905. The number of thiophene rings is 1. The van der Waals surface area contributed by atoms with Crippen LogP contribution in [-0.2, 0) is 0 Å². The van der Waals surface area contributed by atoms with E-state index < -0.39 is 0 Å². The number of nitrogens with zero attached hydrogens (tertiary/aromatic N) is 1. The molecule has 3 aromatic rings. The van der Waals surface area contributed by atoms with E-state index in [9.17, 15) is 4.79 Å². The van der Waals surface area contributed by atoms with Crippen molar-refractivity contribution >= 4 is 39.9 Å². The Balaban J connectivity index is 2.20. The molecular formula is C15H11BrN2OS. The van der Waals surface area contributed by atoms with Crippen molar-refractivity contribution in [2.45, 2.75) is 0 Å². The van der Waals surface area contributed by atoms with Crippen LogP contribution in [0, 0.1) is 0 Å². The fourth-order valence-electron chi connectivity index (χ4n) is 1.95. The Morgan fingerprint density at radius 2 is 1.95 bits per heavy atom. The highest BCUT2D eigenvalue weighted by molar-refractivity contribution is 9.11. The van der Waals surface area contributed by atoms with E-state index in [0.717, 1.165) is 14.4 Å². The summed E-state index contributed by atoms with van der Waals surface area (Å²) in [7, 11) is 0. The first-order valence-electron chi connectivity index (χ1n) is 5.97. The van der Waals surface area contributed by atoms with E-state index in [2.05, 4.69) is 27.6 Å². The predicted octanol–water partition coefficient (Wildman–Crippen LogP) is 2.23. The first-order chi connectivity index (χ1) is 9.65. The van der Waals surface area contributed by atoms with Crippen LogP contribution in [0.1, 0.15) is 4.88 Å². The fraction of sp³-hybridized carbons (Fsp3) is 0. The molecule has 0 saturated carbocycles. The molecular weight excluding hydrogens is 336 g/mol. The van der Waals surface area contributed by atoms with Gasteiger partial charge in [0.15, 0.2) is 0 Å². The minimum Gasteiger partial charge on any atom is -0.291 e. The van der Waals surface area contributed by atoms with Gasteiger partial charge in [-0.3, -0.25) is 9.89 Å². The van der Waals surface area contributed by atoms with Crippen molar-refractivity contribution in [3.05, 3.63) is 72.0 Å². The average molecular weight is 347 g/mol. The second-order valence-corrected chi connectivity index (χ2v) is 6.76. The van der Waals surface area contributed by atoms with Crippen LogP contribution >= 0.6 is 27.3 Å². The number of nitrogens with one attached hydrogen (secondary N) is 1. The van der Waals surface area contributed by atoms with Crippen molar-refractivity contribution in [3.8, 4) is 5.69 Å². The summed E-state index contributed by atoms with van der Waals surface area (Å²) in [4.78, 5) is 13.5. The number of benzene rings is 1. The summed E-state index contributed by atoms with van der Waals surface area (Å²) in [6.07, 6.45) is 1.86. The Morgan fingerprint density at radius 1 is 1.20 bits per heavy atom. The van der Waals surface area contributed by atoms with Crippen LogP contribution in [0.2, 0.25) is 0 Å². The first-order valence-corrected chi connectivity index (χ1v) is 7.58. The van der Waals surface area contributed by atoms with E-state index in [1.807, 2.05) is 48.5 Å². The summed E-state index contributed by atoms with van der Waals surface area (Å²) in [6, 6.07) is 13.4. The predicted molar refractivity (Wildman–Crippen MR) is 86.7 cm³/mol. The molecule has 5 heteroatoms. The summed E-state index contributed by atoms with van der Waals surface area (Å²) >= 11 is 4.99. The zero-order valence-corrected chi connectivity index (χ0v) is 12.9. The maximum absolute atomic E-state index is 12.5. The molecule has 2 aromatic heterocycles. The molecule has 0 spiro atoms. The third-order valence-corrected chi connectivity index (χ3v) is 4.47. The molecule has 20 heavy (non-hydrogen) atoms. The molecule has 1 N–H and O–H groups in total. The highest BCUT2D eigenvalue weighted by Gasteiger charge is 2.04. The van der Waals surface area contributed by atoms with Crippen molar-refractivity contribution in [1.29, 1.82) is 0 Å². The highest BCUT2D eigenvalue weighted by Crippen LogP contribution is 2.22. The number of halogens is 1. The number of H-pyrrole nitrogens is 1. The molecule has 0 aliphatic heterocycles. The van der Waals surface area contributed by atoms with Crippen molar-refractivity contribution < 1.29 is 0 Å². The van der Waals surface area contributed by atoms with Crippen LogP contribution in [-0.4, -0.2) is 9.78 Å².